The van der Waals surface area contributed by atoms with Crippen molar-refractivity contribution in [3.63, 3.8) is 0 Å². The topological polar surface area (TPSA) is 108 Å². The maximum atomic E-state index is 11.6. The van der Waals surface area contributed by atoms with Gasteiger partial charge in [0.15, 0.2) is 12.2 Å². The number of hydrogen-bond donors (Lipinski definition) is 0. The number of piperidine rings is 1. The number of carbonyl (C=O) groups excluding carboxylic acids is 4. The zero-order chi connectivity index (χ0) is 19.4. The second-order valence-electron chi connectivity index (χ2n) is 6.59. The van der Waals surface area contributed by atoms with Crippen molar-refractivity contribution < 1.29 is 38.1 Å². The van der Waals surface area contributed by atoms with Crippen LogP contribution in [0, 0.1) is 0 Å². The Morgan fingerprint density at radius 2 is 1.38 bits per heavy atom. The predicted molar refractivity (Wildman–Crippen MR) is 86.8 cm³/mol. The zero-order valence-electron chi connectivity index (χ0n) is 15.4. The number of carbonyl (C=O) groups is 4. The Kier molecular flexibility index (Phi) is 6.57. The Morgan fingerprint density at radius 1 is 0.808 bits per heavy atom. The van der Waals surface area contributed by atoms with Gasteiger partial charge in [0.2, 0.25) is 0 Å². The number of hydrogen-bond acceptors (Lipinski definition) is 9. The summed E-state index contributed by atoms with van der Waals surface area (Å²) >= 11 is 0. The van der Waals surface area contributed by atoms with Crippen LogP contribution in [0.4, 0.5) is 0 Å². The minimum Gasteiger partial charge on any atom is -0.464 e. The largest absolute Gasteiger partial charge is 0.464 e. The summed E-state index contributed by atoms with van der Waals surface area (Å²) in [6, 6.07) is -0.615. The van der Waals surface area contributed by atoms with E-state index in [4.69, 9.17) is 18.9 Å². The van der Waals surface area contributed by atoms with Crippen LogP contribution < -0.4 is 0 Å². The van der Waals surface area contributed by atoms with Crippen molar-refractivity contribution in [2.75, 3.05) is 13.2 Å². The molecule has 26 heavy (non-hydrogen) atoms. The highest BCUT2D eigenvalue weighted by Crippen LogP contribution is 2.36. The predicted octanol–water partition coefficient (Wildman–Crippen LogP) is 0.191. The SMILES string of the molecule is CC(=O)OC[C@H]1CC[C@@H](OC(C)=O)[C@H]2[C@H](OC(C)=O)[C@@H](OC(C)=O)CN12. The van der Waals surface area contributed by atoms with Crippen molar-refractivity contribution in [2.24, 2.45) is 0 Å². The lowest BCUT2D eigenvalue weighted by Gasteiger charge is -2.42. The minimum atomic E-state index is -0.763. The van der Waals surface area contributed by atoms with Crippen LogP contribution in [0.3, 0.4) is 0 Å². The minimum absolute atomic E-state index is 0.144. The molecule has 0 aliphatic carbocycles. The van der Waals surface area contributed by atoms with E-state index in [0.29, 0.717) is 19.4 Å². The molecule has 2 fully saturated rings. The molecular weight excluding hydrogens is 346 g/mol. The molecule has 2 saturated heterocycles. The highest BCUT2D eigenvalue weighted by molar-refractivity contribution is 5.68. The van der Waals surface area contributed by atoms with Crippen molar-refractivity contribution in [2.45, 2.75) is 70.9 Å². The molecule has 2 heterocycles. The third-order valence-electron chi connectivity index (χ3n) is 4.53. The van der Waals surface area contributed by atoms with Crippen LogP contribution >= 0.6 is 0 Å². The van der Waals surface area contributed by atoms with Crippen molar-refractivity contribution in [1.29, 1.82) is 0 Å². The lowest BCUT2D eigenvalue weighted by atomic mass is 9.92. The quantitative estimate of drug-likeness (QED) is 0.494. The molecule has 0 aromatic rings. The van der Waals surface area contributed by atoms with Crippen molar-refractivity contribution in [1.82, 2.24) is 4.90 Å². The molecule has 0 spiro atoms. The number of esters is 4. The van der Waals surface area contributed by atoms with Gasteiger partial charge in [0, 0.05) is 40.3 Å². The monoisotopic (exact) mass is 371 g/mol. The molecule has 0 radical (unpaired) electrons. The summed E-state index contributed by atoms with van der Waals surface area (Å²) in [5.41, 5.74) is 0. The molecule has 0 N–H and O–H groups in total. The van der Waals surface area contributed by atoms with Crippen LogP contribution in [0.1, 0.15) is 40.5 Å². The highest BCUT2D eigenvalue weighted by atomic mass is 16.6. The number of rotatable bonds is 5. The van der Waals surface area contributed by atoms with Gasteiger partial charge in [-0.2, -0.15) is 0 Å². The molecular formula is C17H25NO8. The smallest absolute Gasteiger partial charge is 0.303 e. The first-order valence-electron chi connectivity index (χ1n) is 8.59. The van der Waals surface area contributed by atoms with E-state index in [1.807, 2.05) is 4.90 Å². The van der Waals surface area contributed by atoms with E-state index in [1.165, 1.54) is 27.7 Å². The zero-order valence-corrected chi connectivity index (χ0v) is 15.4. The summed E-state index contributed by atoms with van der Waals surface area (Å²) in [5.74, 6) is -1.84. The average Bonchev–Trinajstić information content (AvgIpc) is 2.83. The molecule has 0 aromatic carbocycles. The van der Waals surface area contributed by atoms with Gasteiger partial charge in [0.25, 0.3) is 0 Å². The van der Waals surface area contributed by atoms with Crippen LogP contribution in [0.2, 0.25) is 0 Å². The maximum Gasteiger partial charge on any atom is 0.303 e. The van der Waals surface area contributed by atoms with Crippen LogP contribution in [-0.2, 0) is 38.1 Å². The Balaban J connectivity index is 2.28. The Bertz CT molecular complexity index is 577. The molecule has 0 bridgehead atoms. The summed E-state index contributed by atoms with van der Waals surface area (Å²) in [6.07, 6.45) is -0.803. The lowest BCUT2D eigenvalue weighted by molar-refractivity contribution is -0.170. The van der Waals surface area contributed by atoms with Crippen molar-refractivity contribution >= 4 is 23.9 Å². The Morgan fingerprint density at radius 3 is 1.92 bits per heavy atom. The van der Waals surface area contributed by atoms with Crippen LogP contribution in [0.5, 0.6) is 0 Å². The normalized spacial score (nSPS) is 30.8. The van der Waals surface area contributed by atoms with E-state index < -0.39 is 48.2 Å². The molecule has 0 amide bonds. The molecule has 5 atom stereocenters. The summed E-state index contributed by atoms with van der Waals surface area (Å²) in [5, 5.41) is 0. The molecule has 2 aliphatic heterocycles. The molecule has 0 aromatic heterocycles. The first kappa shape index (κ1) is 20.2. The Hall–Kier alpha value is -2.16. The first-order valence-corrected chi connectivity index (χ1v) is 8.59. The van der Waals surface area contributed by atoms with Gasteiger partial charge >= 0.3 is 23.9 Å². The average molecular weight is 371 g/mol. The van der Waals surface area contributed by atoms with Crippen LogP contribution in [-0.4, -0.2) is 72.3 Å². The van der Waals surface area contributed by atoms with Gasteiger partial charge in [-0.1, -0.05) is 0 Å². The van der Waals surface area contributed by atoms with Gasteiger partial charge in [-0.15, -0.1) is 0 Å². The summed E-state index contributed by atoms with van der Waals surface area (Å²) in [4.78, 5) is 47.6. The fourth-order valence-corrected chi connectivity index (χ4v) is 3.74. The standard InChI is InChI=1S/C17H25NO8/c1-9(19)23-8-13-5-6-14(24-10(2)20)16-17(26-12(4)22)15(7-18(13)16)25-11(3)21/h13-17H,5-8H2,1-4H3/t13-,14-,15+,16+,17-/m1/s1. The van der Waals surface area contributed by atoms with Crippen molar-refractivity contribution in [3.05, 3.63) is 0 Å². The molecule has 9 nitrogen and oxygen atoms in total. The van der Waals surface area contributed by atoms with Gasteiger partial charge in [0.1, 0.15) is 12.7 Å². The maximum absolute atomic E-state index is 11.6. The Labute approximate surface area is 151 Å². The van der Waals surface area contributed by atoms with Crippen LogP contribution in [0.15, 0.2) is 0 Å². The number of nitrogens with zero attached hydrogens (tertiary/aromatic N) is 1. The van der Waals surface area contributed by atoms with Gasteiger partial charge in [-0.3, -0.25) is 24.1 Å². The number of ether oxygens (including phenoxy) is 4. The fraction of sp³-hybridized carbons (Fsp3) is 0.765. The lowest BCUT2D eigenvalue weighted by Crippen LogP contribution is -2.56. The van der Waals surface area contributed by atoms with Gasteiger partial charge in [0.05, 0.1) is 6.04 Å². The van der Waals surface area contributed by atoms with Gasteiger partial charge in [-0.25, -0.2) is 0 Å². The summed E-state index contributed by atoms with van der Waals surface area (Å²) in [6.45, 7) is 5.66. The molecule has 9 heteroatoms. The molecule has 0 saturated carbocycles. The third-order valence-corrected chi connectivity index (χ3v) is 4.53. The highest BCUT2D eigenvalue weighted by Gasteiger charge is 2.54. The van der Waals surface area contributed by atoms with E-state index in [0.717, 1.165) is 0 Å². The molecule has 2 aliphatic rings. The van der Waals surface area contributed by atoms with E-state index in [2.05, 4.69) is 0 Å². The van der Waals surface area contributed by atoms with E-state index in [9.17, 15) is 19.2 Å². The van der Waals surface area contributed by atoms with Gasteiger partial charge < -0.3 is 18.9 Å². The summed E-state index contributed by atoms with van der Waals surface area (Å²) < 4.78 is 21.3. The second-order valence-corrected chi connectivity index (χ2v) is 6.59. The second kappa shape index (κ2) is 8.48. The molecule has 2 rings (SSSR count). The van der Waals surface area contributed by atoms with Gasteiger partial charge in [-0.05, 0) is 12.8 Å². The first-order chi connectivity index (χ1) is 12.2. The van der Waals surface area contributed by atoms with Crippen molar-refractivity contribution in [3.8, 4) is 0 Å². The molecule has 146 valence electrons. The third kappa shape index (κ3) is 4.94. The summed E-state index contributed by atoms with van der Waals surface area (Å²) in [7, 11) is 0. The number of fused-ring (bicyclic) bond motifs is 1. The fourth-order valence-electron chi connectivity index (χ4n) is 3.74. The molecule has 0 unspecified atom stereocenters. The van der Waals surface area contributed by atoms with Crippen LogP contribution in [0.25, 0.3) is 0 Å². The van der Waals surface area contributed by atoms with E-state index in [-0.39, 0.29) is 12.6 Å². The van der Waals surface area contributed by atoms with E-state index in [1.54, 1.807) is 0 Å². The van der Waals surface area contributed by atoms with E-state index >= 15 is 0 Å².